The molecule has 5 heteroatoms. The van der Waals surface area contributed by atoms with E-state index in [4.69, 9.17) is 9.47 Å². The van der Waals surface area contributed by atoms with E-state index in [1.54, 1.807) is 12.1 Å². The van der Waals surface area contributed by atoms with E-state index in [9.17, 15) is 4.39 Å². The highest BCUT2D eigenvalue weighted by Gasteiger charge is 2.47. The first kappa shape index (κ1) is 16.7. The fourth-order valence-electron chi connectivity index (χ4n) is 3.58. The SMILES string of the molecule is CN(C)C1(c2ccc(F)cc2)CCC2(CC1)OCCO2.Cl. The van der Waals surface area contributed by atoms with Gasteiger partial charge in [-0.15, -0.1) is 12.4 Å². The van der Waals surface area contributed by atoms with Crippen LogP contribution in [0, 0.1) is 5.82 Å². The van der Waals surface area contributed by atoms with Gasteiger partial charge in [0, 0.05) is 18.4 Å². The first-order valence-electron chi connectivity index (χ1n) is 7.28. The second kappa shape index (κ2) is 6.21. The molecule has 1 aliphatic heterocycles. The van der Waals surface area contributed by atoms with Gasteiger partial charge in [0.2, 0.25) is 0 Å². The second-order valence-electron chi connectivity index (χ2n) is 6.04. The Hall–Kier alpha value is -0.680. The summed E-state index contributed by atoms with van der Waals surface area (Å²) in [5, 5.41) is 0. The van der Waals surface area contributed by atoms with Crippen LogP contribution in [0.25, 0.3) is 0 Å². The van der Waals surface area contributed by atoms with Crippen molar-refractivity contribution in [2.24, 2.45) is 0 Å². The minimum atomic E-state index is -0.362. The minimum Gasteiger partial charge on any atom is -0.348 e. The maximum atomic E-state index is 13.2. The predicted octanol–water partition coefficient (Wildman–Crippen LogP) is 3.32. The Morgan fingerprint density at radius 1 is 0.952 bits per heavy atom. The van der Waals surface area contributed by atoms with Gasteiger partial charge in [0.05, 0.1) is 13.2 Å². The van der Waals surface area contributed by atoms with E-state index < -0.39 is 0 Å². The summed E-state index contributed by atoms with van der Waals surface area (Å²) in [5.74, 6) is -0.545. The first-order chi connectivity index (χ1) is 9.56. The van der Waals surface area contributed by atoms with E-state index >= 15 is 0 Å². The summed E-state index contributed by atoms with van der Waals surface area (Å²) in [6.45, 7) is 1.40. The largest absolute Gasteiger partial charge is 0.348 e. The van der Waals surface area contributed by atoms with Crippen LogP contribution in [0.4, 0.5) is 4.39 Å². The summed E-state index contributed by atoms with van der Waals surface area (Å²) in [6.07, 6.45) is 3.71. The van der Waals surface area contributed by atoms with Crippen molar-refractivity contribution in [2.75, 3.05) is 27.3 Å². The lowest BCUT2D eigenvalue weighted by Crippen LogP contribution is -2.49. The number of halogens is 2. The van der Waals surface area contributed by atoms with E-state index in [2.05, 4.69) is 19.0 Å². The number of rotatable bonds is 2. The lowest BCUT2D eigenvalue weighted by Gasteiger charge is -2.48. The molecule has 1 saturated heterocycles. The summed E-state index contributed by atoms with van der Waals surface area (Å²) in [4.78, 5) is 2.25. The van der Waals surface area contributed by atoms with Crippen LogP contribution in [-0.2, 0) is 15.0 Å². The number of nitrogens with zero attached hydrogens (tertiary/aromatic N) is 1. The molecule has 0 amide bonds. The van der Waals surface area contributed by atoms with Gasteiger partial charge in [-0.2, -0.15) is 0 Å². The van der Waals surface area contributed by atoms with Crippen LogP contribution in [0.3, 0.4) is 0 Å². The maximum absolute atomic E-state index is 13.2. The molecular formula is C16H23ClFNO2. The van der Waals surface area contributed by atoms with Crippen molar-refractivity contribution in [1.82, 2.24) is 4.90 Å². The lowest BCUT2D eigenvalue weighted by atomic mass is 9.73. The van der Waals surface area contributed by atoms with Crippen LogP contribution in [-0.4, -0.2) is 38.0 Å². The van der Waals surface area contributed by atoms with E-state index in [0.717, 1.165) is 25.7 Å². The second-order valence-corrected chi connectivity index (χ2v) is 6.04. The Bertz CT molecular complexity index is 462. The molecule has 2 fully saturated rings. The van der Waals surface area contributed by atoms with Crippen molar-refractivity contribution in [3.63, 3.8) is 0 Å². The average molecular weight is 316 g/mol. The molecule has 0 bridgehead atoms. The smallest absolute Gasteiger partial charge is 0.168 e. The normalized spacial score (nSPS) is 23.2. The van der Waals surface area contributed by atoms with Crippen LogP contribution in [0.15, 0.2) is 24.3 Å². The summed E-state index contributed by atoms with van der Waals surface area (Å²) in [5.41, 5.74) is 1.13. The molecule has 1 aromatic carbocycles. The fourth-order valence-corrected chi connectivity index (χ4v) is 3.58. The molecule has 3 nitrogen and oxygen atoms in total. The predicted molar refractivity (Wildman–Crippen MR) is 82.1 cm³/mol. The van der Waals surface area contributed by atoms with Gasteiger partial charge < -0.3 is 9.47 Å². The van der Waals surface area contributed by atoms with Gasteiger partial charge in [0.25, 0.3) is 0 Å². The Labute approximate surface area is 131 Å². The molecule has 1 aliphatic carbocycles. The van der Waals surface area contributed by atoms with Gasteiger partial charge >= 0.3 is 0 Å². The zero-order valence-corrected chi connectivity index (χ0v) is 13.4. The Morgan fingerprint density at radius 3 is 1.95 bits per heavy atom. The third-order valence-corrected chi connectivity index (χ3v) is 4.89. The zero-order valence-electron chi connectivity index (χ0n) is 12.6. The van der Waals surface area contributed by atoms with Crippen LogP contribution in [0.2, 0.25) is 0 Å². The quantitative estimate of drug-likeness (QED) is 0.835. The summed E-state index contributed by atoms with van der Waals surface area (Å²) in [6, 6.07) is 6.91. The molecule has 1 saturated carbocycles. The van der Waals surface area contributed by atoms with E-state index in [0.29, 0.717) is 13.2 Å². The number of hydrogen-bond donors (Lipinski definition) is 0. The molecule has 1 aromatic rings. The first-order valence-corrected chi connectivity index (χ1v) is 7.28. The van der Waals surface area contributed by atoms with Crippen LogP contribution < -0.4 is 0 Å². The summed E-state index contributed by atoms with van der Waals surface area (Å²) >= 11 is 0. The van der Waals surface area contributed by atoms with Crippen molar-refractivity contribution in [3.8, 4) is 0 Å². The van der Waals surface area contributed by atoms with E-state index in [-0.39, 0.29) is 29.6 Å². The molecule has 21 heavy (non-hydrogen) atoms. The van der Waals surface area contributed by atoms with Crippen LogP contribution in [0.5, 0.6) is 0 Å². The molecule has 0 radical (unpaired) electrons. The Morgan fingerprint density at radius 2 is 1.48 bits per heavy atom. The van der Waals surface area contributed by atoms with Gasteiger partial charge in [0.15, 0.2) is 5.79 Å². The molecule has 0 N–H and O–H groups in total. The van der Waals surface area contributed by atoms with Crippen molar-refractivity contribution >= 4 is 12.4 Å². The molecular weight excluding hydrogens is 293 g/mol. The lowest BCUT2D eigenvalue weighted by molar-refractivity contribution is -0.193. The topological polar surface area (TPSA) is 21.7 Å². The van der Waals surface area contributed by atoms with Gasteiger partial charge in [-0.05, 0) is 44.6 Å². The molecule has 3 rings (SSSR count). The molecule has 1 heterocycles. The van der Waals surface area contributed by atoms with Gasteiger partial charge in [-0.3, -0.25) is 4.90 Å². The molecule has 118 valence electrons. The molecule has 2 aliphatic rings. The highest BCUT2D eigenvalue weighted by atomic mass is 35.5. The minimum absolute atomic E-state index is 0. The highest BCUT2D eigenvalue weighted by Crippen LogP contribution is 2.47. The third kappa shape index (κ3) is 2.95. The maximum Gasteiger partial charge on any atom is 0.168 e. The molecule has 0 aromatic heterocycles. The Balaban J connectivity index is 0.00000161. The van der Waals surface area contributed by atoms with Crippen LogP contribution in [0.1, 0.15) is 31.2 Å². The third-order valence-electron chi connectivity index (χ3n) is 4.89. The molecule has 0 unspecified atom stereocenters. The summed E-state index contributed by atoms with van der Waals surface area (Å²) < 4.78 is 24.8. The van der Waals surface area contributed by atoms with Gasteiger partial charge in [0.1, 0.15) is 5.82 Å². The van der Waals surface area contributed by atoms with Crippen molar-refractivity contribution in [3.05, 3.63) is 35.6 Å². The highest BCUT2D eigenvalue weighted by molar-refractivity contribution is 5.85. The van der Waals surface area contributed by atoms with Crippen molar-refractivity contribution < 1.29 is 13.9 Å². The number of benzene rings is 1. The number of hydrogen-bond acceptors (Lipinski definition) is 3. The van der Waals surface area contributed by atoms with E-state index in [1.165, 1.54) is 5.56 Å². The monoisotopic (exact) mass is 315 g/mol. The summed E-state index contributed by atoms with van der Waals surface area (Å²) in [7, 11) is 4.19. The van der Waals surface area contributed by atoms with E-state index in [1.807, 2.05) is 12.1 Å². The van der Waals surface area contributed by atoms with Crippen molar-refractivity contribution in [2.45, 2.75) is 37.0 Å². The standard InChI is InChI=1S/C16H22FNO2.ClH/c1-18(2)15(13-3-5-14(17)6-4-13)7-9-16(10-8-15)19-11-12-20-16;/h3-6H,7-12H2,1-2H3;1H. The van der Waals surface area contributed by atoms with Crippen LogP contribution >= 0.6 is 12.4 Å². The molecule has 1 spiro atoms. The zero-order chi connectivity index (χ0) is 14.2. The number of ether oxygens (including phenoxy) is 2. The molecule has 0 atom stereocenters. The Kier molecular flexibility index (Phi) is 4.93. The van der Waals surface area contributed by atoms with Gasteiger partial charge in [-0.25, -0.2) is 4.39 Å². The fraction of sp³-hybridized carbons (Fsp3) is 0.625. The van der Waals surface area contributed by atoms with Gasteiger partial charge in [-0.1, -0.05) is 12.1 Å². The average Bonchev–Trinajstić information content (AvgIpc) is 2.89. The van der Waals surface area contributed by atoms with Crippen molar-refractivity contribution in [1.29, 1.82) is 0 Å².